The molecule has 1 aromatic carbocycles. The molecule has 0 aromatic heterocycles. The summed E-state index contributed by atoms with van der Waals surface area (Å²) < 4.78 is 1.08. The minimum atomic E-state index is 0.189. The smallest absolute Gasteiger partial charge is 0.220 e. The normalized spacial score (nSPS) is 24.2. The highest BCUT2D eigenvalue weighted by atomic mass is 79.9. The van der Waals surface area contributed by atoms with Crippen molar-refractivity contribution >= 4 is 21.8 Å². The van der Waals surface area contributed by atoms with E-state index in [1.807, 2.05) is 12.1 Å². The topological polar surface area (TPSA) is 29.1 Å². The van der Waals surface area contributed by atoms with Crippen LogP contribution < -0.4 is 5.32 Å². The first kappa shape index (κ1) is 14.6. The quantitative estimate of drug-likeness (QED) is 0.881. The Labute approximate surface area is 124 Å². The van der Waals surface area contributed by atoms with E-state index in [0.717, 1.165) is 23.2 Å². The van der Waals surface area contributed by atoms with Gasteiger partial charge in [-0.25, -0.2) is 0 Å². The maximum absolute atomic E-state index is 12.0. The maximum atomic E-state index is 12.0. The Morgan fingerprint density at radius 2 is 2.05 bits per heavy atom. The zero-order valence-electron chi connectivity index (χ0n) is 11.7. The highest BCUT2D eigenvalue weighted by Gasteiger charge is 2.23. The summed E-state index contributed by atoms with van der Waals surface area (Å²) in [5.74, 6) is 1.22. The molecule has 0 bridgehead atoms. The molecule has 0 spiro atoms. The molecular weight excluding hydrogens is 302 g/mol. The van der Waals surface area contributed by atoms with E-state index < -0.39 is 0 Å². The van der Waals surface area contributed by atoms with Crippen LogP contribution in [0, 0.1) is 5.92 Å². The van der Waals surface area contributed by atoms with Crippen molar-refractivity contribution < 1.29 is 4.79 Å². The lowest BCUT2D eigenvalue weighted by atomic mass is 9.97. The molecule has 0 aliphatic heterocycles. The first-order chi connectivity index (χ1) is 9.04. The van der Waals surface area contributed by atoms with Crippen LogP contribution in [0.3, 0.4) is 0 Å². The van der Waals surface area contributed by atoms with E-state index in [2.05, 4.69) is 47.2 Å². The molecule has 1 N–H and O–H groups in total. The molecule has 3 unspecified atom stereocenters. The molecular formula is C16H22BrNO. The Morgan fingerprint density at radius 3 is 2.63 bits per heavy atom. The van der Waals surface area contributed by atoms with Crippen LogP contribution in [0.15, 0.2) is 28.7 Å². The average molecular weight is 324 g/mol. The third-order valence-corrected chi connectivity index (χ3v) is 4.52. The Kier molecular flexibility index (Phi) is 5.03. The number of benzene rings is 1. The monoisotopic (exact) mass is 323 g/mol. The molecule has 0 heterocycles. The van der Waals surface area contributed by atoms with Crippen molar-refractivity contribution in [3.8, 4) is 0 Å². The third kappa shape index (κ3) is 4.34. The summed E-state index contributed by atoms with van der Waals surface area (Å²) in [6.45, 7) is 4.37. The molecule has 2 nitrogen and oxygen atoms in total. The highest BCUT2D eigenvalue weighted by molar-refractivity contribution is 9.10. The fourth-order valence-corrected chi connectivity index (χ4v) is 3.08. The van der Waals surface area contributed by atoms with Crippen molar-refractivity contribution in [3.05, 3.63) is 34.3 Å². The van der Waals surface area contributed by atoms with Gasteiger partial charge in [0, 0.05) is 16.9 Å². The predicted octanol–water partition coefficient (Wildman–Crippen LogP) is 4.25. The predicted molar refractivity (Wildman–Crippen MR) is 82.1 cm³/mol. The third-order valence-electron chi connectivity index (χ3n) is 3.99. The standard InChI is InChI=1S/C16H22BrNO/c1-11-3-8-15(9-11)18-16(19)10-12(2)13-4-6-14(17)7-5-13/h4-7,11-12,15H,3,8-10H2,1-2H3,(H,18,19). The summed E-state index contributed by atoms with van der Waals surface area (Å²) in [4.78, 5) is 12.0. The summed E-state index contributed by atoms with van der Waals surface area (Å²) in [6, 6.07) is 8.63. The molecule has 1 saturated carbocycles. The van der Waals surface area contributed by atoms with Crippen LogP contribution in [0.1, 0.15) is 51.0 Å². The summed E-state index contributed by atoms with van der Waals surface area (Å²) in [6.07, 6.45) is 4.09. The lowest BCUT2D eigenvalue weighted by Gasteiger charge is -2.16. The van der Waals surface area contributed by atoms with Crippen molar-refractivity contribution in [1.82, 2.24) is 5.32 Å². The second-order valence-electron chi connectivity index (χ2n) is 5.84. The van der Waals surface area contributed by atoms with Gasteiger partial charge in [-0.3, -0.25) is 4.79 Å². The van der Waals surface area contributed by atoms with Gasteiger partial charge in [-0.15, -0.1) is 0 Å². The number of amides is 1. The van der Waals surface area contributed by atoms with Crippen LogP contribution in [0.5, 0.6) is 0 Å². The minimum absolute atomic E-state index is 0.189. The van der Waals surface area contributed by atoms with Crippen molar-refractivity contribution in [3.63, 3.8) is 0 Å². The molecule has 0 radical (unpaired) electrons. The molecule has 19 heavy (non-hydrogen) atoms. The van der Waals surface area contributed by atoms with Gasteiger partial charge < -0.3 is 5.32 Å². The molecule has 3 heteroatoms. The molecule has 1 aliphatic carbocycles. The van der Waals surface area contributed by atoms with Crippen LogP contribution in [0.4, 0.5) is 0 Å². The zero-order chi connectivity index (χ0) is 13.8. The van der Waals surface area contributed by atoms with Gasteiger partial charge in [0.05, 0.1) is 0 Å². The van der Waals surface area contributed by atoms with E-state index in [9.17, 15) is 4.79 Å². The second kappa shape index (κ2) is 6.56. The van der Waals surface area contributed by atoms with Gasteiger partial charge in [-0.05, 0) is 48.8 Å². The van der Waals surface area contributed by atoms with Gasteiger partial charge in [-0.2, -0.15) is 0 Å². The van der Waals surface area contributed by atoms with Gasteiger partial charge >= 0.3 is 0 Å². The van der Waals surface area contributed by atoms with Crippen molar-refractivity contribution in [2.24, 2.45) is 5.92 Å². The zero-order valence-corrected chi connectivity index (χ0v) is 13.2. The molecule has 104 valence electrons. The van der Waals surface area contributed by atoms with Crippen molar-refractivity contribution in [2.45, 2.75) is 51.5 Å². The lowest BCUT2D eigenvalue weighted by molar-refractivity contribution is -0.122. The molecule has 1 amide bonds. The fourth-order valence-electron chi connectivity index (χ4n) is 2.81. The first-order valence-corrected chi connectivity index (χ1v) is 7.88. The van der Waals surface area contributed by atoms with E-state index in [1.54, 1.807) is 0 Å². The number of hydrogen-bond acceptors (Lipinski definition) is 1. The number of hydrogen-bond donors (Lipinski definition) is 1. The molecule has 2 rings (SSSR count). The van der Waals surface area contributed by atoms with Gasteiger partial charge in [0.2, 0.25) is 5.91 Å². The van der Waals surface area contributed by atoms with E-state index in [0.29, 0.717) is 12.5 Å². The number of carbonyl (C=O) groups is 1. The Balaban J connectivity index is 1.83. The van der Waals surface area contributed by atoms with Gasteiger partial charge in [0.15, 0.2) is 0 Å². The summed E-state index contributed by atoms with van der Waals surface area (Å²) in [7, 11) is 0. The fraction of sp³-hybridized carbons (Fsp3) is 0.562. The van der Waals surface area contributed by atoms with Crippen LogP contribution in [-0.2, 0) is 4.79 Å². The van der Waals surface area contributed by atoms with E-state index in [1.165, 1.54) is 12.0 Å². The van der Waals surface area contributed by atoms with Crippen molar-refractivity contribution in [2.75, 3.05) is 0 Å². The molecule has 1 aliphatic rings. The molecule has 0 saturated heterocycles. The van der Waals surface area contributed by atoms with E-state index >= 15 is 0 Å². The van der Waals surface area contributed by atoms with Crippen LogP contribution in [-0.4, -0.2) is 11.9 Å². The van der Waals surface area contributed by atoms with Gasteiger partial charge in [0.25, 0.3) is 0 Å². The highest BCUT2D eigenvalue weighted by Crippen LogP contribution is 2.25. The SMILES string of the molecule is CC1CCC(NC(=O)CC(C)c2ccc(Br)cc2)C1. The van der Waals surface area contributed by atoms with Gasteiger partial charge in [-0.1, -0.05) is 41.9 Å². The Bertz CT molecular complexity index is 429. The molecule has 1 fully saturated rings. The Hall–Kier alpha value is -0.830. The van der Waals surface area contributed by atoms with E-state index in [-0.39, 0.29) is 11.8 Å². The maximum Gasteiger partial charge on any atom is 0.220 e. The van der Waals surface area contributed by atoms with Crippen LogP contribution in [0.25, 0.3) is 0 Å². The lowest BCUT2D eigenvalue weighted by Crippen LogP contribution is -2.33. The van der Waals surface area contributed by atoms with Gasteiger partial charge in [0.1, 0.15) is 0 Å². The summed E-state index contributed by atoms with van der Waals surface area (Å²) in [5, 5.41) is 3.17. The van der Waals surface area contributed by atoms with Crippen LogP contribution >= 0.6 is 15.9 Å². The summed E-state index contributed by atoms with van der Waals surface area (Å²) in [5.41, 5.74) is 1.22. The van der Waals surface area contributed by atoms with E-state index in [4.69, 9.17) is 0 Å². The second-order valence-corrected chi connectivity index (χ2v) is 6.76. The number of halogens is 1. The Morgan fingerprint density at radius 1 is 1.37 bits per heavy atom. The minimum Gasteiger partial charge on any atom is -0.353 e. The molecule has 1 aromatic rings. The average Bonchev–Trinajstić information content (AvgIpc) is 2.75. The first-order valence-electron chi connectivity index (χ1n) is 7.09. The number of nitrogens with one attached hydrogen (secondary N) is 1. The largest absolute Gasteiger partial charge is 0.353 e. The summed E-state index contributed by atoms with van der Waals surface area (Å²) >= 11 is 3.43. The number of carbonyl (C=O) groups excluding carboxylic acids is 1. The van der Waals surface area contributed by atoms with Crippen LogP contribution in [0.2, 0.25) is 0 Å². The van der Waals surface area contributed by atoms with Crippen molar-refractivity contribution in [1.29, 1.82) is 0 Å². The molecule has 3 atom stereocenters. The number of rotatable bonds is 4.